The maximum absolute atomic E-state index is 11.9. The van der Waals surface area contributed by atoms with Crippen LogP contribution in [0.2, 0.25) is 0 Å². The van der Waals surface area contributed by atoms with E-state index in [4.69, 9.17) is 9.47 Å². The summed E-state index contributed by atoms with van der Waals surface area (Å²) >= 11 is 0. The van der Waals surface area contributed by atoms with E-state index in [9.17, 15) is 9.59 Å². The standard InChI is InChI=1S/C14H16O4/c1-9(5-6-17-3)7-11-10(2)14(16)13(18-4)8-12(11)15/h5-8H,1-4H3/b6-5+,9-7+. The zero-order valence-electron chi connectivity index (χ0n) is 10.9. The quantitative estimate of drug-likeness (QED) is 0.434. The normalized spacial score (nSPS) is 17.3. The molecule has 1 aliphatic carbocycles. The molecule has 4 heteroatoms. The number of ketones is 2. The van der Waals surface area contributed by atoms with E-state index in [1.807, 2.05) is 6.92 Å². The number of carbonyl (C=O) groups excluding carboxylic acids is 2. The summed E-state index contributed by atoms with van der Waals surface area (Å²) in [5.41, 5.74) is 1.60. The van der Waals surface area contributed by atoms with Crippen LogP contribution in [0.1, 0.15) is 13.8 Å². The molecular weight excluding hydrogens is 232 g/mol. The minimum absolute atomic E-state index is 0.0831. The molecule has 0 N–H and O–H groups in total. The molecule has 0 radical (unpaired) electrons. The fourth-order valence-electron chi connectivity index (χ4n) is 1.54. The lowest BCUT2D eigenvalue weighted by Crippen LogP contribution is -2.18. The molecule has 96 valence electrons. The van der Waals surface area contributed by atoms with Crippen LogP contribution in [0.4, 0.5) is 0 Å². The zero-order valence-corrected chi connectivity index (χ0v) is 10.9. The smallest absolute Gasteiger partial charge is 0.224 e. The Labute approximate surface area is 106 Å². The first kappa shape index (κ1) is 14.0. The van der Waals surface area contributed by atoms with Crippen molar-refractivity contribution in [1.29, 1.82) is 0 Å². The van der Waals surface area contributed by atoms with Crippen molar-refractivity contribution in [3.05, 3.63) is 47.0 Å². The summed E-state index contributed by atoms with van der Waals surface area (Å²) in [6.07, 6.45) is 6.10. The Morgan fingerprint density at radius 1 is 1.28 bits per heavy atom. The second kappa shape index (κ2) is 6.00. The molecule has 0 saturated carbocycles. The number of methoxy groups -OCH3 is 2. The third kappa shape index (κ3) is 2.97. The van der Waals surface area contributed by atoms with Crippen molar-refractivity contribution in [2.75, 3.05) is 14.2 Å². The Hall–Kier alpha value is -2.10. The molecule has 0 unspecified atom stereocenters. The zero-order chi connectivity index (χ0) is 13.7. The molecule has 0 bridgehead atoms. The van der Waals surface area contributed by atoms with Crippen LogP contribution in [0.3, 0.4) is 0 Å². The first-order chi connectivity index (χ1) is 8.51. The molecule has 0 heterocycles. The molecule has 0 fully saturated rings. The second-order valence-electron chi connectivity index (χ2n) is 3.87. The highest BCUT2D eigenvalue weighted by Gasteiger charge is 2.24. The van der Waals surface area contributed by atoms with Crippen molar-refractivity contribution in [3.8, 4) is 0 Å². The average molecular weight is 248 g/mol. The Morgan fingerprint density at radius 3 is 2.50 bits per heavy atom. The van der Waals surface area contributed by atoms with E-state index in [0.29, 0.717) is 11.1 Å². The number of rotatable bonds is 4. The lowest BCUT2D eigenvalue weighted by molar-refractivity contribution is -0.118. The topological polar surface area (TPSA) is 52.6 Å². The molecule has 4 nitrogen and oxygen atoms in total. The van der Waals surface area contributed by atoms with Gasteiger partial charge in [-0.3, -0.25) is 9.59 Å². The minimum Gasteiger partial charge on any atom is -0.504 e. The molecule has 1 aliphatic rings. The first-order valence-corrected chi connectivity index (χ1v) is 5.44. The van der Waals surface area contributed by atoms with Gasteiger partial charge in [-0.05, 0) is 31.6 Å². The minimum atomic E-state index is -0.258. The maximum atomic E-state index is 11.9. The molecule has 0 amide bonds. The lowest BCUT2D eigenvalue weighted by Gasteiger charge is -2.13. The summed E-state index contributed by atoms with van der Waals surface area (Å²) in [6.45, 7) is 3.44. The largest absolute Gasteiger partial charge is 0.504 e. The number of ether oxygens (including phenoxy) is 2. The molecule has 0 saturated heterocycles. The highest BCUT2D eigenvalue weighted by Crippen LogP contribution is 2.21. The van der Waals surface area contributed by atoms with Crippen LogP contribution >= 0.6 is 0 Å². The highest BCUT2D eigenvalue weighted by molar-refractivity contribution is 6.22. The lowest BCUT2D eigenvalue weighted by atomic mass is 9.93. The van der Waals surface area contributed by atoms with E-state index in [-0.39, 0.29) is 17.3 Å². The fourth-order valence-corrected chi connectivity index (χ4v) is 1.54. The number of Topliss-reactive ketones (excluding diaryl/α,β-unsaturated/α-hetero) is 1. The van der Waals surface area contributed by atoms with Gasteiger partial charge in [0, 0.05) is 17.2 Å². The van der Waals surface area contributed by atoms with E-state index in [1.165, 1.54) is 26.6 Å². The van der Waals surface area contributed by atoms with Gasteiger partial charge in [0.2, 0.25) is 5.78 Å². The molecule has 0 aromatic carbocycles. The summed E-state index contributed by atoms with van der Waals surface area (Å²) in [5, 5.41) is 0. The van der Waals surface area contributed by atoms with Crippen molar-refractivity contribution in [2.45, 2.75) is 13.8 Å². The van der Waals surface area contributed by atoms with Crippen molar-refractivity contribution in [1.82, 2.24) is 0 Å². The van der Waals surface area contributed by atoms with Gasteiger partial charge in [0.25, 0.3) is 0 Å². The van der Waals surface area contributed by atoms with Crippen molar-refractivity contribution < 1.29 is 19.1 Å². The first-order valence-electron chi connectivity index (χ1n) is 5.44. The third-order valence-corrected chi connectivity index (χ3v) is 2.55. The van der Waals surface area contributed by atoms with Gasteiger partial charge < -0.3 is 9.47 Å². The molecule has 0 aromatic rings. The van der Waals surface area contributed by atoms with Gasteiger partial charge in [-0.1, -0.05) is 0 Å². The van der Waals surface area contributed by atoms with Crippen LogP contribution in [0.15, 0.2) is 47.0 Å². The van der Waals surface area contributed by atoms with Gasteiger partial charge in [0.1, 0.15) is 0 Å². The SMILES string of the molecule is CO/C=C/C(C)=C/C1=C(C)C(=O)C(OC)=CC1=O. The Morgan fingerprint density at radius 2 is 1.94 bits per heavy atom. The van der Waals surface area contributed by atoms with Gasteiger partial charge in [-0.25, -0.2) is 0 Å². The van der Waals surface area contributed by atoms with Crippen LogP contribution in [0.5, 0.6) is 0 Å². The van der Waals surface area contributed by atoms with Gasteiger partial charge in [-0.15, -0.1) is 0 Å². The van der Waals surface area contributed by atoms with Crippen LogP contribution < -0.4 is 0 Å². The molecule has 18 heavy (non-hydrogen) atoms. The number of hydrogen-bond acceptors (Lipinski definition) is 4. The summed E-state index contributed by atoms with van der Waals surface area (Å²) in [7, 11) is 2.91. The van der Waals surface area contributed by atoms with E-state index in [0.717, 1.165) is 5.57 Å². The summed E-state index contributed by atoms with van der Waals surface area (Å²) in [5.74, 6) is -0.402. The van der Waals surface area contributed by atoms with Crippen molar-refractivity contribution in [2.24, 2.45) is 0 Å². The van der Waals surface area contributed by atoms with Gasteiger partial charge >= 0.3 is 0 Å². The monoisotopic (exact) mass is 248 g/mol. The Bertz CT molecular complexity index is 490. The van der Waals surface area contributed by atoms with Crippen molar-refractivity contribution in [3.63, 3.8) is 0 Å². The van der Waals surface area contributed by atoms with Gasteiger partial charge in [-0.2, -0.15) is 0 Å². The third-order valence-electron chi connectivity index (χ3n) is 2.55. The molecule has 0 aliphatic heterocycles. The summed E-state index contributed by atoms with van der Waals surface area (Å²) in [4.78, 5) is 23.7. The Kier molecular flexibility index (Phi) is 4.66. The van der Waals surface area contributed by atoms with Crippen LogP contribution in [0.25, 0.3) is 0 Å². The maximum Gasteiger partial charge on any atom is 0.224 e. The van der Waals surface area contributed by atoms with Crippen LogP contribution in [0, 0.1) is 0 Å². The van der Waals surface area contributed by atoms with Crippen molar-refractivity contribution >= 4 is 11.6 Å². The molecule has 0 aromatic heterocycles. The van der Waals surface area contributed by atoms with Gasteiger partial charge in [0.15, 0.2) is 11.5 Å². The fraction of sp³-hybridized carbons (Fsp3) is 0.286. The molecule has 1 rings (SSSR count). The summed E-state index contributed by atoms with van der Waals surface area (Å²) < 4.78 is 9.65. The molecule has 0 spiro atoms. The number of hydrogen-bond donors (Lipinski definition) is 0. The average Bonchev–Trinajstić information content (AvgIpc) is 2.36. The van der Waals surface area contributed by atoms with Crippen LogP contribution in [-0.2, 0) is 19.1 Å². The van der Waals surface area contributed by atoms with E-state index in [2.05, 4.69) is 0 Å². The van der Waals surface area contributed by atoms with Crippen LogP contribution in [-0.4, -0.2) is 25.8 Å². The van der Waals surface area contributed by atoms with Gasteiger partial charge in [0.05, 0.1) is 20.5 Å². The Balaban J connectivity index is 3.10. The second-order valence-corrected chi connectivity index (χ2v) is 3.87. The number of carbonyl (C=O) groups is 2. The molecular formula is C14H16O4. The summed E-state index contributed by atoms with van der Waals surface area (Å²) in [6, 6.07) is 0. The highest BCUT2D eigenvalue weighted by atomic mass is 16.5. The van der Waals surface area contributed by atoms with E-state index in [1.54, 1.807) is 19.1 Å². The van der Waals surface area contributed by atoms with E-state index >= 15 is 0 Å². The molecule has 0 atom stereocenters. The predicted molar refractivity (Wildman–Crippen MR) is 67.7 cm³/mol. The van der Waals surface area contributed by atoms with E-state index < -0.39 is 0 Å². The number of allylic oxidation sites excluding steroid dienone is 6. The predicted octanol–water partition coefficient (Wildman–Crippen LogP) is 2.09.